The lowest BCUT2D eigenvalue weighted by atomic mass is 10.4. The number of nitrogens with zero attached hydrogens (tertiary/aromatic N) is 3. The Morgan fingerprint density at radius 2 is 2.58 bits per heavy atom. The molecule has 1 heterocycles. The number of thiol groups is 1. The van der Waals surface area contributed by atoms with Gasteiger partial charge in [0.15, 0.2) is 5.82 Å². The Kier molecular flexibility index (Phi) is 3.03. The van der Waals surface area contributed by atoms with Crippen molar-refractivity contribution in [3.63, 3.8) is 0 Å². The summed E-state index contributed by atoms with van der Waals surface area (Å²) in [7, 11) is 0. The molecule has 66 valence electrons. The molecule has 0 spiro atoms. The van der Waals surface area contributed by atoms with Gasteiger partial charge in [-0.15, -0.1) is 5.10 Å². The number of rotatable bonds is 3. The molecule has 7 heteroatoms. The lowest BCUT2D eigenvalue weighted by Gasteiger charge is -2.03. The molecule has 1 rings (SSSR count). The molecule has 0 aromatic carbocycles. The Morgan fingerprint density at radius 1 is 1.83 bits per heavy atom. The molecule has 0 aliphatic carbocycles. The van der Waals surface area contributed by atoms with Crippen LogP contribution >= 0.6 is 12.6 Å². The van der Waals surface area contributed by atoms with Gasteiger partial charge in [0.25, 0.3) is 0 Å². The highest BCUT2D eigenvalue weighted by molar-refractivity contribution is 7.81. The fourth-order valence-corrected chi connectivity index (χ4v) is 0.663. The maximum Gasteiger partial charge on any atom is 0.232 e. The molecule has 0 radical (unpaired) electrons. The second-order valence-electron chi connectivity index (χ2n) is 2.24. The van der Waals surface area contributed by atoms with E-state index in [9.17, 15) is 4.79 Å². The van der Waals surface area contributed by atoms with Gasteiger partial charge in [0.1, 0.15) is 0 Å². The van der Waals surface area contributed by atoms with Crippen molar-refractivity contribution < 1.29 is 4.79 Å². The van der Waals surface area contributed by atoms with E-state index in [0.717, 1.165) is 0 Å². The maximum absolute atomic E-state index is 11.0. The normalized spacial score (nSPS) is 12.5. The van der Waals surface area contributed by atoms with Crippen molar-refractivity contribution in [1.82, 2.24) is 25.9 Å². The molecule has 0 fully saturated rings. The van der Waals surface area contributed by atoms with Crippen LogP contribution < -0.4 is 5.32 Å². The summed E-state index contributed by atoms with van der Waals surface area (Å²) in [4.78, 5) is 11.0. The number of carbonyl (C=O) groups is 1. The Hall–Kier alpha value is -1.11. The standard InChI is InChI=1S/C5H9N5OS/c1-3(12)5(11)6-2-4-7-9-10-8-4/h3,12H,2H2,1H3,(H,6,11)(H,7,8,9,10). The van der Waals surface area contributed by atoms with E-state index in [1.165, 1.54) is 0 Å². The van der Waals surface area contributed by atoms with E-state index in [4.69, 9.17) is 0 Å². The molecule has 0 saturated carbocycles. The summed E-state index contributed by atoms with van der Waals surface area (Å²) < 4.78 is 0. The molecule has 0 aliphatic heterocycles. The second-order valence-corrected chi connectivity index (χ2v) is 3.02. The quantitative estimate of drug-likeness (QED) is 0.537. The first-order valence-electron chi connectivity index (χ1n) is 3.38. The van der Waals surface area contributed by atoms with Crippen LogP contribution in [0, 0.1) is 0 Å². The third-order valence-electron chi connectivity index (χ3n) is 1.20. The Morgan fingerprint density at radius 3 is 3.08 bits per heavy atom. The highest BCUT2D eigenvalue weighted by Crippen LogP contribution is 1.92. The van der Waals surface area contributed by atoms with Gasteiger partial charge in [-0.05, 0) is 17.4 Å². The van der Waals surface area contributed by atoms with Gasteiger partial charge in [0.2, 0.25) is 5.91 Å². The van der Waals surface area contributed by atoms with Crippen LogP contribution in [0.3, 0.4) is 0 Å². The Balaban J connectivity index is 2.32. The summed E-state index contributed by atoms with van der Waals surface area (Å²) in [6, 6.07) is 0. The van der Waals surface area contributed by atoms with Crippen LogP contribution in [-0.2, 0) is 11.3 Å². The number of aromatic nitrogens is 4. The minimum absolute atomic E-state index is 0.144. The van der Waals surface area contributed by atoms with Crippen molar-refractivity contribution in [3.8, 4) is 0 Å². The van der Waals surface area contributed by atoms with Crippen LogP contribution in [0.15, 0.2) is 0 Å². The lowest BCUT2D eigenvalue weighted by Crippen LogP contribution is -2.29. The zero-order chi connectivity index (χ0) is 8.97. The van der Waals surface area contributed by atoms with Crippen LogP contribution in [0.2, 0.25) is 0 Å². The molecule has 1 atom stereocenters. The van der Waals surface area contributed by atoms with Gasteiger partial charge in [-0.1, -0.05) is 0 Å². The molecule has 1 aromatic heterocycles. The first kappa shape index (κ1) is 8.98. The first-order valence-corrected chi connectivity index (χ1v) is 3.90. The van der Waals surface area contributed by atoms with Crippen LogP contribution in [0.5, 0.6) is 0 Å². The second kappa shape index (κ2) is 4.05. The van der Waals surface area contributed by atoms with Crippen molar-refractivity contribution in [2.75, 3.05) is 0 Å². The third-order valence-corrected chi connectivity index (χ3v) is 1.43. The van der Waals surface area contributed by atoms with Crippen LogP contribution in [-0.4, -0.2) is 31.8 Å². The molecule has 0 saturated heterocycles. The highest BCUT2D eigenvalue weighted by Gasteiger charge is 2.07. The van der Waals surface area contributed by atoms with Gasteiger partial charge in [-0.3, -0.25) is 4.79 Å². The SMILES string of the molecule is CC(S)C(=O)NCc1nnn[nH]1. The summed E-state index contributed by atoms with van der Waals surface area (Å²) in [5.41, 5.74) is 0. The minimum atomic E-state index is -0.319. The topological polar surface area (TPSA) is 83.6 Å². The fraction of sp³-hybridized carbons (Fsp3) is 0.600. The molecule has 0 bridgehead atoms. The van der Waals surface area contributed by atoms with Gasteiger partial charge < -0.3 is 5.32 Å². The van der Waals surface area contributed by atoms with Crippen molar-refractivity contribution in [2.45, 2.75) is 18.7 Å². The van der Waals surface area contributed by atoms with E-state index < -0.39 is 0 Å². The number of hydrogen-bond acceptors (Lipinski definition) is 5. The Bertz CT molecular complexity index is 246. The summed E-state index contributed by atoms with van der Waals surface area (Å²) in [5.74, 6) is 0.382. The number of amides is 1. The molecule has 1 amide bonds. The summed E-state index contributed by atoms with van der Waals surface area (Å²) in [6.07, 6.45) is 0. The molecule has 1 unspecified atom stereocenters. The molecular formula is C5H9N5OS. The predicted molar refractivity (Wildman–Crippen MR) is 44.5 cm³/mol. The van der Waals surface area contributed by atoms with E-state index in [1.54, 1.807) is 6.92 Å². The van der Waals surface area contributed by atoms with Gasteiger partial charge >= 0.3 is 0 Å². The third kappa shape index (κ3) is 2.50. The molecule has 6 nitrogen and oxygen atoms in total. The fourth-order valence-electron chi connectivity index (χ4n) is 0.572. The summed E-state index contributed by atoms with van der Waals surface area (Å²) in [6.45, 7) is 1.99. The van der Waals surface area contributed by atoms with Crippen LogP contribution in [0.4, 0.5) is 0 Å². The number of hydrogen-bond donors (Lipinski definition) is 3. The van der Waals surface area contributed by atoms with Crippen molar-refractivity contribution >= 4 is 18.5 Å². The van der Waals surface area contributed by atoms with Crippen molar-refractivity contribution in [3.05, 3.63) is 5.82 Å². The van der Waals surface area contributed by atoms with Crippen LogP contribution in [0.1, 0.15) is 12.7 Å². The predicted octanol–water partition coefficient (Wildman–Crippen LogP) is -0.866. The minimum Gasteiger partial charge on any atom is -0.348 e. The zero-order valence-electron chi connectivity index (χ0n) is 6.48. The average Bonchev–Trinajstić information content (AvgIpc) is 2.51. The average molecular weight is 187 g/mol. The molecule has 12 heavy (non-hydrogen) atoms. The van der Waals surface area contributed by atoms with Crippen molar-refractivity contribution in [1.29, 1.82) is 0 Å². The van der Waals surface area contributed by atoms with E-state index in [1.807, 2.05) is 0 Å². The maximum atomic E-state index is 11.0. The molecule has 1 aromatic rings. The van der Waals surface area contributed by atoms with E-state index in [0.29, 0.717) is 12.4 Å². The number of aromatic amines is 1. The largest absolute Gasteiger partial charge is 0.348 e. The summed E-state index contributed by atoms with van der Waals surface area (Å²) >= 11 is 3.95. The smallest absolute Gasteiger partial charge is 0.232 e. The zero-order valence-corrected chi connectivity index (χ0v) is 7.38. The molecule has 2 N–H and O–H groups in total. The lowest BCUT2D eigenvalue weighted by molar-refractivity contribution is -0.120. The molecule has 0 aliphatic rings. The first-order chi connectivity index (χ1) is 5.70. The highest BCUT2D eigenvalue weighted by atomic mass is 32.1. The molecular weight excluding hydrogens is 178 g/mol. The Labute approximate surface area is 74.5 Å². The van der Waals surface area contributed by atoms with E-state index in [-0.39, 0.29) is 11.2 Å². The van der Waals surface area contributed by atoms with E-state index in [2.05, 4.69) is 38.6 Å². The number of H-pyrrole nitrogens is 1. The van der Waals surface area contributed by atoms with Gasteiger partial charge in [0, 0.05) is 0 Å². The number of nitrogens with one attached hydrogen (secondary N) is 2. The van der Waals surface area contributed by atoms with Gasteiger partial charge in [-0.25, -0.2) is 5.10 Å². The van der Waals surface area contributed by atoms with Gasteiger partial charge in [-0.2, -0.15) is 12.6 Å². The van der Waals surface area contributed by atoms with Gasteiger partial charge in [0.05, 0.1) is 11.8 Å². The van der Waals surface area contributed by atoms with E-state index >= 15 is 0 Å². The number of tetrazole rings is 1. The van der Waals surface area contributed by atoms with Crippen molar-refractivity contribution in [2.24, 2.45) is 0 Å². The van der Waals surface area contributed by atoms with Crippen LogP contribution in [0.25, 0.3) is 0 Å². The summed E-state index contributed by atoms with van der Waals surface area (Å²) in [5, 5.41) is 15.1. The number of carbonyl (C=O) groups excluding carboxylic acids is 1. The monoisotopic (exact) mass is 187 g/mol.